The molecule has 0 radical (unpaired) electrons. The molecule has 0 saturated heterocycles. The van der Waals surface area contributed by atoms with Crippen LogP contribution in [0.5, 0.6) is 0 Å². The molecular weight excluding hydrogens is 158 g/mol. The molecule has 0 bridgehead atoms. The third kappa shape index (κ3) is 1.38. The first-order chi connectivity index (χ1) is 5.36. The van der Waals surface area contributed by atoms with E-state index in [9.17, 15) is 0 Å². The summed E-state index contributed by atoms with van der Waals surface area (Å²) in [5.41, 5.74) is 2.60. The Morgan fingerprint density at radius 3 is 2.91 bits per heavy atom. The first-order valence-corrected chi connectivity index (χ1v) is 4.38. The Labute approximate surface area is 71.4 Å². The van der Waals surface area contributed by atoms with E-state index in [0.29, 0.717) is 5.15 Å². The Bertz CT molecular complexity index is 270. The van der Waals surface area contributed by atoms with Crippen LogP contribution in [-0.4, -0.2) is 4.98 Å². The van der Waals surface area contributed by atoms with Gasteiger partial charge in [-0.2, -0.15) is 0 Å². The number of nitrogens with zero attached hydrogens (tertiary/aromatic N) is 1. The largest absolute Gasteiger partial charge is 0.241 e. The van der Waals surface area contributed by atoms with Crippen LogP contribution in [-0.2, 0) is 12.8 Å². The van der Waals surface area contributed by atoms with E-state index in [2.05, 4.69) is 11.1 Å². The van der Waals surface area contributed by atoms with Crippen LogP contribution in [0.2, 0.25) is 5.15 Å². The van der Waals surface area contributed by atoms with Gasteiger partial charge in [0.2, 0.25) is 0 Å². The van der Waals surface area contributed by atoms with Crippen molar-refractivity contribution < 1.29 is 0 Å². The van der Waals surface area contributed by atoms with Crippen molar-refractivity contribution in [3.63, 3.8) is 0 Å². The Kier molecular flexibility index (Phi) is 1.82. The van der Waals surface area contributed by atoms with E-state index in [0.717, 1.165) is 6.42 Å². The molecule has 0 aliphatic heterocycles. The molecule has 1 aromatic rings. The first-order valence-electron chi connectivity index (χ1n) is 4.00. The molecule has 58 valence electrons. The molecule has 2 heteroatoms. The van der Waals surface area contributed by atoms with Crippen molar-refractivity contribution in [2.45, 2.75) is 25.7 Å². The SMILES string of the molecule is Clc1ccc2c(n1)CCCC2. The number of hydrogen-bond donors (Lipinski definition) is 0. The highest BCUT2D eigenvalue weighted by atomic mass is 35.5. The van der Waals surface area contributed by atoms with Crippen molar-refractivity contribution in [2.24, 2.45) is 0 Å². The molecule has 1 heterocycles. The number of fused-ring (bicyclic) bond motifs is 1. The number of aromatic nitrogens is 1. The predicted molar refractivity (Wildman–Crippen MR) is 45.9 cm³/mol. The fourth-order valence-corrected chi connectivity index (χ4v) is 1.72. The van der Waals surface area contributed by atoms with E-state index in [4.69, 9.17) is 11.6 Å². The zero-order valence-electron chi connectivity index (χ0n) is 6.31. The molecule has 0 aromatic carbocycles. The minimum absolute atomic E-state index is 0.630. The van der Waals surface area contributed by atoms with Gasteiger partial charge in [-0.3, -0.25) is 0 Å². The topological polar surface area (TPSA) is 12.9 Å². The third-order valence-electron chi connectivity index (χ3n) is 2.14. The molecule has 0 unspecified atom stereocenters. The minimum Gasteiger partial charge on any atom is -0.241 e. The molecule has 0 spiro atoms. The average Bonchev–Trinajstić information content (AvgIpc) is 2.04. The second-order valence-corrected chi connectivity index (χ2v) is 3.33. The molecule has 11 heavy (non-hydrogen) atoms. The smallest absolute Gasteiger partial charge is 0.129 e. The summed E-state index contributed by atoms with van der Waals surface area (Å²) in [7, 11) is 0. The number of halogens is 1. The standard InChI is InChI=1S/C9H10ClN/c10-9-6-5-7-3-1-2-4-8(7)11-9/h5-6H,1-4H2. The van der Waals surface area contributed by atoms with Gasteiger partial charge in [-0.25, -0.2) is 4.98 Å². The van der Waals surface area contributed by atoms with Gasteiger partial charge in [0.15, 0.2) is 0 Å². The normalized spacial score (nSPS) is 16.1. The van der Waals surface area contributed by atoms with E-state index < -0.39 is 0 Å². The molecule has 0 atom stereocenters. The zero-order chi connectivity index (χ0) is 7.68. The lowest BCUT2D eigenvalue weighted by Gasteiger charge is -2.13. The summed E-state index contributed by atoms with van der Waals surface area (Å²) >= 11 is 5.77. The van der Waals surface area contributed by atoms with E-state index >= 15 is 0 Å². The highest BCUT2D eigenvalue weighted by Gasteiger charge is 2.09. The minimum atomic E-state index is 0.630. The second kappa shape index (κ2) is 2.82. The van der Waals surface area contributed by atoms with Crippen LogP contribution in [0.1, 0.15) is 24.1 Å². The highest BCUT2D eigenvalue weighted by Crippen LogP contribution is 2.20. The van der Waals surface area contributed by atoms with Crippen molar-refractivity contribution in [3.05, 3.63) is 28.5 Å². The van der Waals surface area contributed by atoms with Gasteiger partial charge in [0.1, 0.15) is 5.15 Å². The van der Waals surface area contributed by atoms with Crippen molar-refractivity contribution >= 4 is 11.6 Å². The molecule has 0 saturated carbocycles. The summed E-state index contributed by atoms with van der Waals surface area (Å²) in [4.78, 5) is 4.28. The molecule has 0 N–H and O–H groups in total. The maximum atomic E-state index is 5.77. The van der Waals surface area contributed by atoms with Crippen LogP contribution in [0.25, 0.3) is 0 Å². The van der Waals surface area contributed by atoms with Gasteiger partial charge in [0.25, 0.3) is 0 Å². The van der Waals surface area contributed by atoms with Crippen LogP contribution < -0.4 is 0 Å². The lowest BCUT2D eigenvalue weighted by Crippen LogP contribution is -2.04. The molecule has 1 aliphatic carbocycles. The summed E-state index contributed by atoms with van der Waals surface area (Å²) < 4.78 is 0. The van der Waals surface area contributed by atoms with Crippen molar-refractivity contribution in [2.75, 3.05) is 0 Å². The van der Waals surface area contributed by atoms with Crippen LogP contribution >= 0.6 is 11.6 Å². The van der Waals surface area contributed by atoms with E-state index in [1.54, 1.807) is 0 Å². The lowest BCUT2D eigenvalue weighted by atomic mass is 9.96. The van der Waals surface area contributed by atoms with Crippen molar-refractivity contribution in [3.8, 4) is 0 Å². The molecule has 0 fully saturated rings. The molecule has 1 nitrogen and oxygen atoms in total. The van der Waals surface area contributed by atoms with Crippen molar-refractivity contribution in [1.82, 2.24) is 4.98 Å². The fourth-order valence-electron chi connectivity index (χ4n) is 1.56. The number of aryl methyl sites for hydroxylation is 2. The zero-order valence-corrected chi connectivity index (χ0v) is 7.06. The van der Waals surface area contributed by atoms with E-state index in [-0.39, 0.29) is 0 Å². The highest BCUT2D eigenvalue weighted by molar-refractivity contribution is 6.29. The van der Waals surface area contributed by atoms with Crippen LogP contribution in [0.3, 0.4) is 0 Å². The van der Waals surface area contributed by atoms with Gasteiger partial charge < -0.3 is 0 Å². The predicted octanol–water partition coefficient (Wildman–Crippen LogP) is 2.61. The van der Waals surface area contributed by atoms with Gasteiger partial charge in [-0.1, -0.05) is 17.7 Å². The van der Waals surface area contributed by atoms with Crippen LogP contribution in [0.15, 0.2) is 12.1 Å². The van der Waals surface area contributed by atoms with Crippen LogP contribution in [0, 0.1) is 0 Å². The first kappa shape index (κ1) is 7.11. The maximum Gasteiger partial charge on any atom is 0.129 e. The van der Waals surface area contributed by atoms with Gasteiger partial charge in [0, 0.05) is 5.69 Å². The van der Waals surface area contributed by atoms with E-state index in [1.165, 1.54) is 30.5 Å². The molecule has 0 amide bonds. The Balaban J connectivity index is 2.43. The number of pyridine rings is 1. The Morgan fingerprint density at radius 2 is 2.00 bits per heavy atom. The maximum absolute atomic E-state index is 5.77. The summed E-state index contributed by atoms with van der Waals surface area (Å²) in [6.07, 6.45) is 4.85. The van der Waals surface area contributed by atoms with Crippen LogP contribution in [0.4, 0.5) is 0 Å². The van der Waals surface area contributed by atoms with Crippen molar-refractivity contribution in [1.29, 1.82) is 0 Å². The van der Waals surface area contributed by atoms with Gasteiger partial charge in [-0.05, 0) is 37.3 Å². The molecule has 2 rings (SSSR count). The number of rotatable bonds is 0. The Hall–Kier alpha value is -0.560. The fraction of sp³-hybridized carbons (Fsp3) is 0.444. The summed E-state index contributed by atoms with van der Waals surface area (Å²) in [5, 5.41) is 0.630. The summed E-state index contributed by atoms with van der Waals surface area (Å²) in [5.74, 6) is 0. The third-order valence-corrected chi connectivity index (χ3v) is 2.35. The number of hydrogen-bond acceptors (Lipinski definition) is 1. The molecule has 1 aromatic heterocycles. The van der Waals surface area contributed by atoms with E-state index in [1.807, 2.05) is 6.07 Å². The van der Waals surface area contributed by atoms with Gasteiger partial charge in [-0.15, -0.1) is 0 Å². The molecular formula is C9H10ClN. The quantitative estimate of drug-likeness (QED) is 0.542. The average molecular weight is 168 g/mol. The summed E-state index contributed by atoms with van der Waals surface area (Å²) in [6, 6.07) is 3.98. The lowest BCUT2D eigenvalue weighted by molar-refractivity contribution is 0.668. The summed E-state index contributed by atoms with van der Waals surface area (Å²) in [6.45, 7) is 0. The second-order valence-electron chi connectivity index (χ2n) is 2.95. The Morgan fingerprint density at radius 1 is 1.18 bits per heavy atom. The van der Waals surface area contributed by atoms with Gasteiger partial charge >= 0.3 is 0 Å². The monoisotopic (exact) mass is 167 g/mol. The van der Waals surface area contributed by atoms with Gasteiger partial charge in [0.05, 0.1) is 0 Å². The molecule has 1 aliphatic rings.